The molecule has 0 unspecified atom stereocenters. The van der Waals surface area contributed by atoms with Gasteiger partial charge in [-0.25, -0.2) is 19.7 Å². The lowest BCUT2D eigenvalue weighted by Gasteiger charge is -2.29. The standard InChI is InChI=1S/C31H46N8O4/c1-7-8-15-38(16-9-14-33-29(40)37-21-12-10-20(11-13-21)30(2,3)4)17-22-24-25(43-31(5,6)42-24)28(41-22)39-19-36-23-26(32)34-18-35-27(23)39/h10-13,18-19,22,24-25,28H,7-9,14-17H2,1-6H3,(H2,32,34,35)(H2,33,37,40)/t22-,24-,25-,28-/m1/s1. The van der Waals surface area contributed by atoms with Crippen LogP contribution in [0.3, 0.4) is 0 Å². The molecule has 0 bridgehead atoms. The van der Waals surface area contributed by atoms with E-state index in [9.17, 15) is 4.79 Å². The predicted molar refractivity (Wildman–Crippen MR) is 166 cm³/mol. The highest BCUT2D eigenvalue weighted by atomic mass is 16.8. The van der Waals surface area contributed by atoms with E-state index in [-0.39, 0.29) is 29.8 Å². The Bertz CT molecular complexity index is 1390. The summed E-state index contributed by atoms with van der Waals surface area (Å²) in [7, 11) is 0. The van der Waals surface area contributed by atoms with Crippen molar-refractivity contribution in [3.63, 3.8) is 0 Å². The molecular formula is C31H46N8O4. The van der Waals surface area contributed by atoms with Gasteiger partial charge in [0.1, 0.15) is 30.2 Å². The summed E-state index contributed by atoms with van der Waals surface area (Å²) in [5.74, 6) is -0.413. The van der Waals surface area contributed by atoms with Crippen molar-refractivity contribution in [1.82, 2.24) is 29.7 Å². The molecule has 1 aromatic carbocycles. The van der Waals surface area contributed by atoms with Gasteiger partial charge in [0.2, 0.25) is 0 Å². The summed E-state index contributed by atoms with van der Waals surface area (Å²) in [6.07, 6.45) is 4.78. The Hall–Kier alpha value is -3.32. The summed E-state index contributed by atoms with van der Waals surface area (Å²) in [5.41, 5.74) is 9.24. The van der Waals surface area contributed by atoms with Gasteiger partial charge in [0, 0.05) is 18.8 Å². The first-order chi connectivity index (χ1) is 20.4. The molecule has 3 aromatic rings. The van der Waals surface area contributed by atoms with Gasteiger partial charge in [-0.2, -0.15) is 0 Å². The lowest BCUT2D eigenvalue weighted by Crippen LogP contribution is -2.41. The molecule has 0 saturated carbocycles. The van der Waals surface area contributed by atoms with Crippen LogP contribution in [0.4, 0.5) is 16.3 Å². The van der Waals surface area contributed by atoms with Gasteiger partial charge in [0.05, 0.1) is 6.33 Å². The van der Waals surface area contributed by atoms with Gasteiger partial charge in [-0.05, 0) is 62.9 Å². The molecular weight excluding hydrogens is 548 g/mol. The molecule has 4 atom stereocenters. The molecule has 0 spiro atoms. The first-order valence-electron chi connectivity index (χ1n) is 15.3. The molecule has 2 amide bonds. The summed E-state index contributed by atoms with van der Waals surface area (Å²) >= 11 is 0. The van der Waals surface area contributed by atoms with Crippen LogP contribution >= 0.6 is 0 Å². The van der Waals surface area contributed by atoms with Crippen LogP contribution in [0.5, 0.6) is 0 Å². The number of ether oxygens (including phenoxy) is 3. The van der Waals surface area contributed by atoms with Crippen LogP contribution in [-0.4, -0.2) is 80.7 Å². The Morgan fingerprint density at radius 3 is 2.51 bits per heavy atom. The minimum atomic E-state index is -0.737. The van der Waals surface area contributed by atoms with Gasteiger partial charge in [0.15, 0.2) is 23.5 Å². The van der Waals surface area contributed by atoms with Gasteiger partial charge >= 0.3 is 6.03 Å². The molecule has 4 N–H and O–H groups in total. The third-order valence-electron chi connectivity index (χ3n) is 8.00. The Morgan fingerprint density at radius 1 is 1.07 bits per heavy atom. The highest BCUT2D eigenvalue weighted by molar-refractivity contribution is 5.89. The molecule has 0 aliphatic carbocycles. The number of benzene rings is 1. The number of hydrogen-bond acceptors (Lipinski definition) is 9. The zero-order valence-corrected chi connectivity index (χ0v) is 26.2. The minimum absolute atomic E-state index is 0.0697. The van der Waals surface area contributed by atoms with E-state index in [1.54, 1.807) is 6.33 Å². The van der Waals surface area contributed by atoms with Crippen LogP contribution < -0.4 is 16.4 Å². The summed E-state index contributed by atoms with van der Waals surface area (Å²) in [5, 5.41) is 5.92. The van der Waals surface area contributed by atoms with Crippen molar-refractivity contribution in [2.75, 3.05) is 37.2 Å². The smallest absolute Gasteiger partial charge is 0.319 e. The van der Waals surface area contributed by atoms with E-state index in [1.165, 1.54) is 11.9 Å². The number of nitrogens with one attached hydrogen (secondary N) is 2. The predicted octanol–water partition coefficient (Wildman–Crippen LogP) is 4.44. The number of fused-ring (bicyclic) bond motifs is 2. The number of nitrogen functional groups attached to an aromatic ring is 1. The molecule has 0 radical (unpaired) electrons. The maximum atomic E-state index is 12.5. The number of hydrogen-bond donors (Lipinski definition) is 3. The zero-order chi connectivity index (χ0) is 30.8. The lowest BCUT2D eigenvalue weighted by molar-refractivity contribution is -0.198. The molecule has 2 saturated heterocycles. The van der Waals surface area contributed by atoms with Crippen LogP contribution in [0, 0.1) is 0 Å². The summed E-state index contributed by atoms with van der Waals surface area (Å²) in [4.78, 5) is 27.8. The molecule has 12 nitrogen and oxygen atoms in total. The van der Waals surface area contributed by atoms with Gasteiger partial charge in [0.25, 0.3) is 0 Å². The van der Waals surface area contributed by atoms with Crippen LogP contribution in [0.1, 0.15) is 72.6 Å². The van der Waals surface area contributed by atoms with Crippen LogP contribution in [0.25, 0.3) is 11.2 Å². The highest BCUT2D eigenvalue weighted by Crippen LogP contribution is 2.44. The van der Waals surface area contributed by atoms with Crippen molar-refractivity contribution >= 4 is 28.7 Å². The molecule has 2 aromatic heterocycles. The van der Waals surface area contributed by atoms with Crippen LogP contribution in [0.15, 0.2) is 36.9 Å². The van der Waals surface area contributed by atoms with E-state index >= 15 is 0 Å². The van der Waals surface area contributed by atoms with E-state index < -0.39 is 12.0 Å². The monoisotopic (exact) mass is 594 g/mol. The first-order valence-corrected chi connectivity index (χ1v) is 15.3. The maximum Gasteiger partial charge on any atom is 0.319 e. The Labute approximate surface area is 253 Å². The highest BCUT2D eigenvalue weighted by Gasteiger charge is 2.56. The number of nitrogens with two attached hydrogens (primary N) is 1. The molecule has 4 heterocycles. The number of carbonyl (C=O) groups excluding carboxylic acids is 1. The van der Waals surface area contributed by atoms with Gasteiger partial charge in [-0.15, -0.1) is 0 Å². The van der Waals surface area contributed by atoms with Crippen molar-refractivity contribution in [2.45, 2.75) is 96.5 Å². The van der Waals surface area contributed by atoms with Gasteiger partial charge in [-0.3, -0.25) is 4.57 Å². The number of imidazole rings is 1. The molecule has 2 aliphatic rings. The largest absolute Gasteiger partial charge is 0.382 e. The summed E-state index contributed by atoms with van der Waals surface area (Å²) < 4.78 is 21.2. The van der Waals surface area contributed by atoms with E-state index in [2.05, 4.69) is 70.3 Å². The summed E-state index contributed by atoms with van der Waals surface area (Å²) in [6, 6.07) is 7.79. The Balaban J connectivity index is 1.18. The Kier molecular flexibility index (Phi) is 9.21. The van der Waals surface area contributed by atoms with E-state index in [0.29, 0.717) is 30.1 Å². The second kappa shape index (κ2) is 12.7. The third-order valence-corrected chi connectivity index (χ3v) is 8.00. The van der Waals surface area contributed by atoms with Crippen LogP contribution in [0.2, 0.25) is 0 Å². The first kappa shape index (κ1) is 31.1. The molecule has 234 valence electrons. The fraction of sp³-hybridized carbons (Fsp3) is 0.613. The number of rotatable bonds is 11. The number of nitrogens with zero attached hydrogens (tertiary/aromatic N) is 5. The second-order valence-electron chi connectivity index (χ2n) is 12.9. The average molecular weight is 595 g/mol. The van der Waals surface area contributed by atoms with Crippen molar-refractivity contribution in [2.24, 2.45) is 0 Å². The van der Waals surface area contributed by atoms with Crippen LogP contribution in [-0.2, 0) is 19.6 Å². The number of carbonyl (C=O) groups is 1. The molecule has 2 aliphatic heterocycles. The third kappa shape index (κ3) is 7.26. The van der Waals surface area contributed by atoms with E-state index in [1.807, 2.05) is 30.5 Å². The number of unbranched alkanes of at least 4 members (excludes halogenated alkanes) is 1. The van der Waals surface area contributed by atoms with Gasteiger partial charge in [-0.1, -0.05) is 46.2 Å². The Morgan fingerprint density at radius 2 is 1.79 bits per heavy atom. The van der Waals surface area contributed by atoms with E-state index in [4.69, 9.17) is 19.9 Å². The lowest BCUT2D eigenvalue weighted by atomic mass is 9.87. The zero-order valence-electron chi connectivity index (χ0n) is 26.2. The fourth-order valence-corrected chi connectivity index (χ4v) is 5.75. The molecule has 12 heteroatoms. The fourth-order valence-electron chi connectivity index (χ4n) is 5.75. The number of anilines is 2. The quantitative estimate of drug-likeness (QED) is 0.275. The molecule has 43 heavy (non-hydrogen) atoms. The van der Waals surface area contributed by atoms with Crippen molar-refractivity contribution < 1.29 is 19.0 Å². The van der Waals surface area contributed by atoms with Gasteiger partial charge < -0.3 is 35.5 Å². The molecule has 2 fully saturated rings. The van der Waals surface area contributed by atoms with Crippen molar-refractivity contribution in [3.8, 4) is 0 Å². The summed E-state index contributed by atoms with van der Waals surface area (Å²) in [6.45, 7) is 15.5. The SMILES string of the molecule is CCCCN(CCCNC(=O)Nc1ccc(C(C)(C)C)cc1)C[C@H]1O[C@@H](n2cnc3c(N)ncnc32)[C@@H]2OC(C)(C)O[C@@H]21. The normalized spacial score (nSPS) is 23.1. The molecule has 5 rings (SSSR count). The van der Waals surface area contributed by atoms with Crippen molar-refractivity contribution in [1.29, 1.82) is 0 Å². The number of amides is 2. The topological polar surface area (TPSA) is 142 Å². The van der Waals surface area contributed by atoms with E-state index in [0.717, 1.165) is 38.0 Å². The minimum Gasteiger partial charge on any atom is -0.382 e. The van der Waals surface area contributed by atoms with Crippen molar-refractivity contribution in [3.05, 3.63) is 42.5 Å². The maximum absolute atomic E-state index is 12.5. The number of aromatic nitrogens is 4. The number of urea groups is 1. The average Bonchev–Trinajstić information content (AvgIpc) is 3.61. The second-order valence-corrected chi connectivity index (χ2v) is 12.9.